The van der Waals surface area contributed by atoms with E-state index in [2.05, 4.69) is 6.58 Å². The average Bonchev–Trinajstić information content (AvgIpc) is 2.09. The summed E-state index contributed by atoms with van der Waals surface area (Å²) in [5, 5.41) is 1.18. The SMILES string of the molecule is C=C(C)COc1cc(C)c(Cl)cc1Cl. The molecule has 0 aromatic heterocycles. The minimum Gasteiger partial charge on any atom is -0.488 e. The second kappa shape index (κ2) is 4.72. The van der Waals surface area contributed by atoms with Gasteiger partial charge in [-0.25, -0.2) is 0 Å². The molecule has 0 amide bonds. The van der Waals surface area contributed by atoms with Gasteiger partial charge in [-0.05, 0) is 37.1 Å². The minimum atomic E-state index is 0.473. The van der Waals surface area contributed by atoms with Gasteiger partial charge in [0, 0.05) is 5.02 Å². The second-order valence-corrected chi connectivity index (χ2v) is 4.09. The summed E-state index contributed by atoms with van der Waals surface area (Å²) in [5.74, 6) is 0.650. The lowest BCUT2D eigenvalue weighted by molar-refractivity contribution is 0.352. The van der Waals surface area contributed by atoms with Gasteiger partial charge in [0.1, 0.15) is 12.4 Å². The van der Waals surface area contributed by atoms with E-state index < -0.39 is 0 Å². The zero-order valence-electron chi connectivity index (χ0n) is 8.23. The Morgan fingerprint density at radius 2 is 2.00 bits per heavy atom. The molecule has 0 N–H and O–H groups in total. The van der Waals surface area contributed by atoms with Gasteiger partial charge in [-0.15, -0.1) is 0 Å². The molecule has 3 heteroatoms. The highest BCUT2D eigenvalue weighted by Gasteiger charge is 2.05. The fraction of sp³-hybridized carbons (Fsp3) is 0.273. The number of benzene rings is 1. The number of hydrogen-bond acceptors (Lipinski definition) is 1. The van der Waals surface area contributed by atoms with Gasteiger partial charge in [0.25, 0.3) is 0 Å². The maximum atomic E-state index is 5.95. The number of hydrogen-bond donors (Lipinski definition) is 0. The summed E-state index contributed by atoms with van der Waals surface area (Å²) in [4.78, 5) is 0. The number of rotatable bonds is 3. The van der Waals surface area contributed by atoms with E-state index in [4.69, 9.17) is 27.9 Å². The molecule has 0 spiro atoms. The fourth-order valence-electron chi connectivity index (χ4n) is 0.942. The first kappa shape index (κ1) is 11.4. The van der Waals surface area contributed by atoms with Crippen LogP contribution < -0.4 is 4.74 Å². The Morgan fingerprint density at radius 3 is 2.57 bits per heavy atom. The molecule has 1 rings (SSSR count). The molecule has 1 aromatic rings. The minimum absolute atomic E-state index is 0.473. The first-order chi connectivity index (χ1) is 6.50. The molecule has 0 heterocycles. The van der Waals surface area contributed by atoms with E-state index in [1.54, 1.807) is 6.07 Å². The predicted molar refractivity (Wildman–Crippen MR) is 61.5 cm³/mol. The van der Waals surface area contributed by atoms with Crippen LogP contribution in [0.25, 0.3) is 0 Å². The Kier molecular flexibility index (Phi) is 3.85. The van der Waals surface area contributed by atoms with Crippen molar-refractivity contribution in [2.75, 3.05) is 6.61 Å². The Labute approximate surface area is 94.3 Å². The summed E-state index contributed by atoms with van der Waals surface area (Å²) in [7, 11) is 0. The van der Waals surface area contributed by atoms with Crippen LogP contribution in [0.5, 0.6) is 5.75 Å². The molecular formula is C11H12Cl2O. The quantitative estimate of drug-likeness (QED) is 0.706. The Hall–Kier alpha value is -0.660. The molecule has 1 aromatic carbocycles. The molecule has 0 radical (unpaired) electrons. The van der Waals surface area contributed by atoms with Crippen molar-refractivity contribution >= 4 is 23.2 Å². The first-order valence-corrected chi connectivity index (χ1v) is 4.99. The molecule has 0 atom stereocenters. The van der Waals surface area contributed by atoms with Crippen LogP contribution in [-0.4, -0.2) is 6.61 Å². The van der Waals surface area contributed by atoms with Gasteiger partial charge in [0.15, 0.2) is 0 Å². The lowest BCUT2D eigenvalue weighted by atomic mass is 10.2. The molecule has 1 nitrogen and oxygen atoms in total. The van der Waals surface area contributed by atoms with Crippen molar-refractivity contribution < 1.29 is 4.74 Å². The van der Waals surface area contributed by atoms with E-state index in [0.29, 0.717) is 22.4 Å². The largest absolute Gasteiger partial charge is 0.488 e. The third kappa shape index (κ3) is 2.93. The van der Waals surface area contributed by atoms with Crippen molar-refractivity contribution in [2.24, 2.45) is 0 Å². The van der Waals surface area contributed by atoms with Crippen LogP contribution in [0.15, 0.2) is 24.3 Å². The zero-order valence-corrected chi connectivity index (χ0v) is 9.74. The summed E-state index contributed by atoms with van der Waals surface area (Å²) in [6, 6.07) is 3.51. The van der Waals surface area contributed by atoms with Crippen molar-refractivity contribution in [3.63, 3.8) is 0 Å². The highest BCUT2D eigenvalue weighted by Crippen LogP contribution is 2.30. The lowest BCUT2D eigenvalue weighted by Crippen LogP contribution is -1.98. The molecule has 14 heavy (non-hydrogen) atoms. The highest BCUT2D eigenvalue weighted by molar-refractivity contribution is 6.35. The Morgan fingerprint density at radius 1 is 1.36 bits per heavy atom. The number of ether oxygens (including phenoxy) is 1. The zero-order chi connectivity index (χ0) is 10.7. The number of halogens is 2. The van der Waals surface area contributed by atoms with Crippen LogP contribution in [0.1, 0.15) is 12.5 Å². The Balaban J connectivity index is 2.87. The third-order valence-electron chi connectivity index (χ3n) is 1.69. The molecule has 0 saturated carbocycles. The highest BCUT2D eigenvalue weighted by atomic mass is 35.5. The monoisotopic (exact) mass is 230 g/mol. The summed E-state index contributed by atoms with van der Waals surface area (Å²) in [6.07, 6.45) is 0. The van der Waals surface area contributed by atoms with Crippen LogP contribution in [-0.2, 0) is 0 Å². The van der Waals surface area contributed by atoms with E-state index in [9.17, 15) is 0 Å². The van der Waals surface area contributed by atoms with Gasteiger partial charge in [-0.3, -0.25) is 0 Å². The third-order valence-corrected chi connectivity index (χ3v) is 2.39. The van der Waals surface area contributed by atoms with Crippen molar-refractivity contribution in [1.29, 1.82) is 0 Å². The molecule has 0 fully saturated rings. The Bertz CT molecular complexity index is 359. The lowest BCUT2D eigenvalue weighted by Gasteiger charge is -2.09. The molecule has 0 unspecified atom stereocenters. The van der Waals surface area contributed by atoms with Gasteiger partial charge >= 0.3 is 0 Å². The maximum Gasteiger partial charge on any atom is 0.138 e. The number of aryl methyl sites for hydroxylation is 1. The van der Waals surface area contributed by atoms with Gasteiger partial charge in [0.05, 0.1) is 5.02 Å². The van der Waals surface area contributed by atoms with Gasteiger partial charge in [-0.1, -0.05) is 29.8 Å². The van der Waals surface area contributed by atoms with E-state index in [1.165, 1.54) is 0 Å². The van der Waals surface area contributed by atoms with E-state index in [-0.39, 0.29) is 0 Å². The molecular weight excluding hydrogens is 219 g/mol. The smallest absolute Gasteiger partial charge is 0.138 e. The maximum absolute atomic E-state index is 5.95. The second-order valence-electron chi connectivity index (χ2n) is 3.28. The van der Waals surface area contributed by atoms with E-state index in [0.717, 1.165) is 11.1 Å². The standard InChI is InChI=1S/C11H12Cl2O/c1-7(2)6-14-11-4-8(3)9(12)5-10(11)13/h4-5H,1,6H2,2-3H3. The fourth-order valence-corrected chi connectivity index (χ4v) is 1.38. The molecule has 0 aliphatic heterocycles. The van der Waals surface area contributed by atoms with Crippen LogP contribution >= 0.6 is 23.2 Å². The van der Waals surface area contributed by atoms with Crippen molar-refractivity contribution in [3.05, 3.63) is 39.9 Å². The summed E-state index contributed by atoms with van der Waals surface area (Å²) in [5.41, 5.74) is 1.90. The van der Waals surface area contributed by atoms with Crippen molar-refractivity contribution in [1.82, 2.24) is 0 Å². The van der Waals surface area contributed by atoms with E-state index in [1.807, 2.05) is 19.9 Å². The van der Waals surface area contributed by atoms with Crippen LogP contribution in [0.2, 0.25) is 10.0 Å². The normalized spacial score (nSPS) is 10.0. The summed E-state index contributed by atoms with van der Waals surface area (Å²) in [6.45, 7) is 8.03. The van der Waals surface area contributed by atoms with Crippen LogP contribution in [0.3, 0.4) is 0 Å². The predicted octanol–water partition coefficient (Wildman–Crippen LogP) is 4.26. The summed E-state index contributed by atoms with van der Waals surface area (Å²) >= 11 is 11.8. The van der Waals surface area contributed by atoms with Gasteiger partial charge in [0.2, 0.25) is 0 Å². The average molecular weight is 231 g/mol. The van der Waals surface area contributed by atoms with Crippen LogP contribution in [0.4, 0.5) is 0 Å². The van der Waals surface area contributed by atoms with Gasteiger partial charge < -0.3 is 4.74 Å². The van der Waals surface area contributed by atoms with E-state index >= 15 is 0 Å². The molecule has 0 aliphatic rings. The molecule has 76 valence electrons. The topological polar surface area (TPSA) is 9.23 Å². The first-order valence-electron chi connectivity index (χ1n) is 4.23. The van der Waals surface area contributed by atoms with Gasteiger partial charge in [-0.2, -0.15) is 0 Å². The molecule has 0 saturated heterocycles. The molecule has 0 aliphatic carbocycles. The van der Waals surface area contributed by atoms with Crippen LogP contribution in [0, 0.1) is 6.92 Å². The summed E-state index contributed by atoms with van der Waals surface area (Å²) < 4.78 is 5.44. The van der Waals surface area contributed by atoms with Crippen molar-refractivity contribution in [2.45, 2.75) is 13.8 Å². The molecule has 0 bridgehead atoms. The van der Waals surface area contributed by atoms with Crippen molar-refractivity contribution in [3.8, 4) is 5.75 Å².